The van der Waals surface area contributed by atoms with Crippen molar-refractivity contribution in [2.45, 2.75) is 38.1 Å². The van der Waals surface area contributed by atoms with Crippen molar-refractivity contribution in [3.05, 3.63) is 0 Å². The van der Waals surface area contributed by atoms with E-state index in [0.717, 1.165) is 25.2 Å². The van der Waals surface area contributed by atoms with Crippen LogP contribution < -0.4 is 0 Å². The minimum absolute atomic E-state index is 0.0129. The Hall–Kier alpha value is -0.990. The van der Waals surface area contributed by atoms with E-state index in [0.29, 0.717) is 19.0 Å². The molecule has 1 spiro atoms. The summed E-state index contributed by atoms with van der Waals surface area (Å²) in [5.74, 6) is 1.81. The lowest BCUT2D eigenvalue weighted by Crippen LogP contribution is -2.48. The smallest absolute Gasteiger partial charge is 0.281 e. The maximum atomic E-state index is 13.2. The van der Waals surface area contributed by atoms with Crippen molar-refractivity contribution in [3.8, 4) is 0 Å². The molecule has 2 heterocycles. The lowest BCUT2D eigenvalue weighted by molar-refractivity contribution is -0.132. The van der Waals surface area contributed by atoms with Gasteiger partial charge in [-0.2, -0.15) is 17.0 Å². The fourth-order valence-corrected chi connectivity index (χ4v) is 5.82. The number of hydrogen-bond donors (Lipinski definition) is 0. The second-order valence-electron chi connectivity index (χ2n) is 7.95. The molecule has 3 fully saturated rings. The minimum Gasteiger partial charge on any atom is -0.298 e. The van der Waals surface area contributed by atoms with E-state index in [2.05, 4.69) is 0 Å². The Kier molecular flexibility index (Phi) is 3.61. The lowest BCUT2D eigenvalue weighted by atomic mass is 9.85. The molecule has 0 radical (unpaired) electrons. The van der Waals surface area contributed by atoms with Gasteiger partial charge in [-0.1, -0.05) is 0 Å². The molecule has 4 rings (SSSR count). The van der Waals surface area contributed by atoms with Gasteiger partial charge in [-0.05, 0) is 44.4 Å². The Morgan fingerprint density at radius 3 is 2.58 bits per heavy atom. The Morgan fingerprint density at radius 1 is 1.25 bits per heavy atom. The van der Waals surface area contributed by atoms with Crippen molar-refractivity contribution >= 4 is 22.0 Å². The van der Waals surface area contributed by atoms with Gasteiger partial charge in [0, 0.05) is 39.6 Å². The summed E-state index contributed by atoms with van der Waals surface area (Å²) >= 11 is 0. The third-order valence-electron chi connectivity index (χ3n) is 6.21. The molecule has 0 unspecified atom stereocenters. The molecular weight excluding hydrogens is 328 g/mol. The predicted octanol–water partition coefficient (Wildman–Crippen LogP) is 0.544. The van der Waals surface area contributed by atoms with Crippen molar-refractivity contribution in [3.63, 3.8) is 0 Å². The third kappa shape index (κ3) is 2.26. The number of rotatable bonds is 4. The van der Waals surface area contributed by atoms with Gasteiger partial charge in [0.1, 0.15) is 11.4 Å². The molecule has 7 nitrogen and oxygen atoms in total. The lowest BCUT2D eigenvalue weighted by Gasteiger charge is -2.28. The van der Waals surface area contributed by atoms with E-state index >= 15 is 0 Å². The summed E-state index contributed by atoms with van der Waals surface area (Å²) in [7, 11) is -0.315. The van der Waals surface area contributed by atoms with Crippen LogP contribution in [-0.4, -0.2) is 72.9 Å². The second kappa shape index (κ2) is 5.25. The summed E-state index contributed by atoms with van der Waals surface area (Å²) in [6, 6.07) is 0. The van der Waals surface area contributed by atoms with Crippen LogP contribution in [0.3, 0.4) is 0 Å². The van der Waals surface area contributed by atoms with Crippen molar-refractivity contribution in [1.82, 2.24) is 13.5 Å². The standard InChI is InChI=1S/C16H26N4O3S/c1-11-17-16(15(21)20(11)8-12-4-5-12)7-6-13-9-19(10-14(13)16)24(22,23)18(2)3/h12-14H,4-10H2,1-3H3/t13-,14+,16-/m0/s1. The molecule has 0 N–H and O–H groups in total. The van der Waals surface area contributed by atoms with Gasteiger partial charge in [-0.3, -0.25) is 14.7 Å². The Bertz CT molecular complexity index is 700. The number of aliphatic imine (C=N–C) groups is 1. The van der Waals surface area contributed by atoms with Gasteiger partial charge in [0.15, 0.2) is 0 Å². The normalized spacial score (nSPS) is 36.9. The van der Waals surface area contributed by atoms with E-state index in [9.17, 15) is 13.2 Å². The molecule has 0 bridgehead atoms. The van der Waals surface area contributed by atoms with Crippen LogP contribution in [0.25, 0.3) is 0 Å². The monoisotopic (exact) mass is 354 g/mol. The van der Waals surface area contributed by atoms with Crippen LogP contribution in [0.1, 0.15) is 32.6 Å². The molecule has 3 atom stereocenters. The summed E-state index contributed by atoms with van der Waals surface area (Å²) in [6.45, 7) is 3.63. The molecule has 1 amide bonds. The third-order valence-corrected chi connectivity index (χ3v) is 8.08. The van der Waals surface area contributed by atoms with Crippen LogP contribution in [0.15, 0.2) is 4.99 Å². The van der Waals surface area contributed by atoms with Gasteiger partial charge in [-0.15, -0.1) is 0 Å². The average molecular weight is 354 g/mol. The van der Waals surface area contributed by atoms with Crippen LogP contribution >= 0.6 is 0 Å². The van der Waals surface area contributed by atoms with Crippen molar-refractivity contribution in [1.29, 1.82) is 0 Å². The zero-order valence-corrected chi connectivity index (χ0v) is 15.4. The maximum absolute atomic E-state index is 13.2. The summed E-state index contributed by atoms with van der Waals surface area (Å²) in [5.41, 5.74) is -0.708. The highest BCUT2D eigenvalue weighted by molar-refractivity contribution is 7.86. The van der Waals surface area contributed by atoms with Crippen LogP contribution in [0, 0.1) is 17.8 Å². The molecule has 24 heavy (non-hydrogen) atoms. The largest absolute Gasteiger partial charge is 0.298 e. The second-order valence-corrected chi connectivity index (χ2v) is 10.1. The number of amidine groups is 1. The zero-order chi connectivity index (χ0) is 17.3. The highest BCUT2D eigenvalue weighted by Gasteiger charge is 2.62. The molecule has 0 aromatic rings. The molecule has 0 aromatic heterocycles. The Labute approximate surface area is 143 Å². The Morgan fingerprint density at radius 2 is 1.96 bits per heavy atom. The zero-order valence-electron chi connectivity index (χ0n) is 14.6. The number of nitrogens with zero attached hydrogens (tertiary/aromatic N) is 4. The van der Waals surface area contributed by atoms with E-state index in [-0.39, 0.29) is 17.7 Å². The maximum Gasteiger partial charge on any atom is 0.281 e. The van der Waals surface area contributed by atoms with Crippen molar-refractivity contribution in [2.75, 3.05) is 33.7 Å². The SMILES string of the molecule is CC1=N[C@]2(CC[C@H]3CN(S(=O)(=O)N(C)C)C[C@H]32)C(=O)N1CC1CC1. The number of hydrogen-bond acceptors (Lipinski definition) is 4. The highest BCUT2D eigenvalue weighted by atomic mass is 32.2. The van der Waals surface area contributed by atoms with Gasteiger partial charge < -0.3 is 0 Å². The van der Waals surface area contributed by atoms with Gasteiger partial charge in [0.05, 0.1) is 0 Å². The summed E-state index contributed by atoms with van der Waals surface area (Å²) in [5, 5.41) is 0. The molecule has 1 saturated heterocycles. The van der Waals surface area contributed by atoms with E-state index in [1.807, 2.05) is 11.8 Å². The van der Waals surface area contributed by atoms with Gasteiger partial charge in [-0.25, -0.2) is 0 Å². The van der Waals surface area contributed by atoms with Crippen LogP contribution in [-0.2, 0) is 15.0 Å². The van der Waals surface area contributed by atoms with E-state index in [1.165, 1.54) is 21.5 Å². The first-order valence-electron chi connectivity index (χ1n) is 8.82. The molecule has 4 aliphatic rings. The first-order valence-corrected chi connectivity index (χ1v) is 10.2. The van der Waals surface area contributed by atoms with E-state index in [4.69, 9.17) is 4.99 Å². The number of amides is 1. The van der Waals surface area contributed by atoms with Crippen molar-refractivity contribution < 1.29 is 13.2 Å². The average Bonchev–Trinajstić information content (AvgIpc) is 3.04. The molecule has 2 saturated carbocycles. The van der Waals surface area contributed by atoms with E-state index < -0.39 is 15.7 Å². The summed E-state index contributed by atoms with van der Waals surface area (Å²) in [4.78, 5) is 19.9. The molecular formula is C16H26N4O3S. The fourth-order valence-electron chi connectivity index (χ4n) is 4.63. The van der Waals surface area contributed by atoms with Crippen molar-refractivity contribution in [2.24, 2.45) is 22.7 Å². The van der Waals surface area contributed by atoms with Crippen LogP contribution in [0.5, 0.6) is 0 Å². The molecule has 8 heteroatoms. The summed E-state index contributed by atoms with van der Waals surface area (Å²) < 4.78 is 27.7. The fraction of sp³-hybridized carbons (Fsp3) is 0.875. The first kappa shape index (κ1) is 16.5. The van der Waals surface area contributed by atoms with Gasteiger partial charge >= 0.3 is 0 Å². The molecule has 0 aromatic carbocycles. The minimum atomic E-state index is -3.43. The highest BCUT2D eigenvalue weighted by Crippen LogP contribution is 2.51. The summed E-state index contributed by atoms with van der Waals surface area (Å²) in [6.07, 6.45) is 4.04. The number of carbonyl (C=O) groups excluding carboxylic acids is 1. The number of fused-ring (bicyclic) bond motifs is 2. The topological polar surface area (TPSA) is 73.3 Å². The first-order chi connectivity index (χ1) is 11.3. The van der Waals surface area contributed by atoms with Gasteiger partial charge in [0.25, 0.3) is 16.1 Å². The van der Waals surface area contributed by atoms with Crippen LogP contribution in [0.4, 0.5) is 0 Å². The van der Waals surface area contributed by atoms with Gasteiger partial charge in [0.2, 0.25) is 0 Å². The molecule has 2 aliphatic carbocycles. The quantitative estimate of drug-likeness (QED) is 0.740. The number of carbonyl (C=O) groups is 1. The Balaban J connectivity index is 1.59. The molecule has 134 valence electrons. The predicted molar refractivity (Wildman–Crippen MR) is 90.7 cm³/mol. The van der Waals surface area contributed by atoms with E-state index in [1.54, 1.807) is 14.1 Å². The molecule has 2 aliphatic heterocycles. The van der Waals surface area contributed by atoms with Crippen LogP contribution in [0.2, 0.25) is 0 Å².